The third-order valence-electron chi connectivity index (χ3n) is 19.6. The number of hydrogen-bond donors (Lipinski definition) is 0. The van der Waals surface area contributed by atoms with E-state index in [9.17, 15) is 0 Å². The first-order valence-electron chi connectivity index (χ1n) is 31.6. The number of furan rings is 1. The topological polar surface area (TPSA) is 18.1 Å². The van der Waals surface area contributed by atoms with E-state index in [1.807, 2.05) is 6.07 Å². The molecule has 91 heavy (non-hydrogen) atoms. The van der Waals surface area contributed by atoms with Gasteiger partial charge in [-0.15, -0.1) is 0 Å². The minimum atomic E-state index is -0.806. The first-order chi connectivity index (χ1) is 45.1. The van der Waals surface area contributed by atoms with Gasteiger partial charge in [0.2, 0.25) is 0 Å². The van der Waals surface area contributed by atoms with Crippen LogP contribution in [-0.2, 0) is 0 Å². The maximum atomic E-state index is 6.53. The van der Waals surface area contributed by atoms with Crippen molar-refractivity contribution >= 4 is 107 Å². The minimum Gasteiger partial charge on any atom is -0.455 e. The number of fused-ring (bicyclic) bond motifs is 15. The highest BCUT2D eigenvalue weighted by atomic mass is 28.2. The maximum Gasteiger partial charge on any atom is 0.143 e. The van der Waals surface area contributed by atoms with Crippen LogP contribution < -0.4 is 10.4 Å². The Bertz CT molecular complexity index is 5750. The lowest BCUT2D eigenvalue weighted by Crippen LogP contribution is -2.21. The van der Waals surface area contributed by atoms with Crippen LogP contribution in [-0.4, -0.2) is 14.1 Å². The van der Waals surface area contributed by atoms with Crippen molar-refractivity contribution in [1.29, 1.82) is 0 Å². The smallest absolute Gasteiger partial charge is 0.143 e. The quantitative estimate of drug-likeness (QED) is 0.110. The molecule has 0 radical (unpaired) electrons. The molecule has 0 amide bonds. The molecule has 0 aliphatic carbocycles. The van der Waals surface area contributed by atoms with Gasteiger partial charge >= 0.3 is 0 Å². The van der Waals surface area contributed by atoms with Crippen molar-refractivity contribution in [3.63, 3.8) is 0 Å². The molecule has 2 aromatic heterocycles. The first kappa shape index (κ1) is 51.4. The molecule has 0 saturated heterocycles. The summed E-state index contributed by atoms with van der Waals surface area (Å²) < 4.78 is 9.03. The summed E-state index contributed by atoms with van der Waals surface area (Å²) in [4.78, 5) is 0. The fourth-order valence-corrected chi connectivity index (χ4v) is 17.2. The molecule has 0 spiro atoms. The lowest BCUT2D eigenvalue weighted by Gasteiger charge is -2.12. The summed E-state index contributed by atoms with van der Waals surface area (Å²) in [7, 11) is -0.806. The molecular weight excluding hydrogens is 1120 g/mol. The molecule has 3 heterocycles. The van der Waals surface area contributed by atoms with Gasteiger partial charge in [-0.05, 0) is 181 Å². The van der Waals surface area contributed by atoms with Crippen LogP contribution in [0.5, 0.6) is 0 Å². The predicted molar refractivity (Wildman–Crippen MR) is 389 cm³/mol. The Morgan fingerprint density at radius 2 is 0.615 bits per heavy atom. The van der Waals surface area contributed by atoms with Crippen molar-refractivity contribution in [2.75, 3.05) is 0 Å². The summed E-state index contributed by atoms with van der Waals surface area (Å²) in [5.74, 6) is 0. The van der Waals surface area contributed by atoms with Gasteiger partial charge in [0, 0.05) is 32.8 Å². The SMILES string of the molecule is c1ccc2c(c1)cc(-c1ccc(-c3ccc(-c4ccc5c(c4)c4cc(-c6ccc(-c7ccc(-c8cc9ccccc9c9ccccc89)cc7)cc6)ccc4n5-c4ccc5c(c4)[SiH2]c4cc(-c6cccc7c6oc6ccccc67)ccc4-5)cc3)cc1)c1ccccc12. The second-order valence-corrected chi connectivity index (χ2v) is 26.5. The minimum absolute atomic E-state index is 0.806. The van der Waals surface area contributed by atoms with Crippen molar-refractivity contribution in [1.82, 2.24) is 4.57 Å². The van der Waals surface area contributed by atoms with Crippen LogP contribution in [0.15, 0.2) is 326 Å². The van der Waals surface area contributed by atoms with Gasteiger partial charge < -0.3 is 8.98 Å². The maximum absolute atomic E-state index is 6.53. The van der Waals surface area contributed by atoms with Gasteiger partial charge in [0.15, 0.2) is 0 Å². The van der Waals surface area contributed by atoms with Crippen molar-refractivity contribution in [2.24, 2.45) is 0 Å². The third-order valence-corrected chi connectivity index (χ3v) is 21.6. The standard InChI is InChI=1S/C88H55NOSi/c1-3-14-68-64(12-1)50-79(73-18-7-5-16-71(68)73)60-36-32-56(33-37-60)54-24-28-58(29-25-54)62-41-46-83-81(48-62)82-49-63(59-30-26-55(27-31-59)57-34-38-61(39-35-57)80-51-65-13-2-4-15-69(65)72-17-6-8-19-74(72)80)42-47-84(82)89(83)67-43-45-77-76-44-40-66(52-86(76)91-87(77)53-67)70-21-11-22-78-75-20-9-10-23-85(75)90-88(70)78/h1-53H,91H2. The molecule has 2 nitrogen and oxygen atoms in total. The molecule has 16 aromatic carbocycles. The molecule has 0 bridgehead atoms. The summed E-state index contributed by atoms with van der Waals surface area (Å²) in [5, 5.41) is 18.0. The molecule has 0 atom stereocenters. The molecule has 0 unspecified atom stereocenters. The fraction of sp³-hybridized carbons (Fsp3) is 0. The monoisotopic (exact) mass is 1170 g/mol. The van der Waals surface area contributed by atoms with Crippen LogP contribution in [0, 0.1) is 0 Å². The Hall–Kier alpha value is -11.6. The molecule has 0 N–H and O–H groups in total. The van der Waals surface area contributed by atoms with Gasteiger partial charge in [-0.2, -0.15) is 0 Å². The number of rotatable bonds is 8. The average Bonchev–Trinajstić information content (AvgIpc) is 1.67. The van der Waals surface area contributed by atoms with Crippen LogP contribution in [0.25, 0.3) is 182 Å². The van der Waals surface area contributed by atoms with E-state index in [2.05, 4.69) is 320 Å². The van der Waals surface area contributed by atoms with E-state index in [1.54, 1.807) is 0 Å². The lowest BCUT2D eigenvalue weighted by atomic mass is 9.92. The zero-order valence-electron chi connectivity index (χ0n) is 49.7. The molecule has 3 heteroatoms. The number of aromatic nitrogens is 1. The van der Waals surface area contributed by atoms with Gasteiger partial charge in [-0.1, -0.05) is 277 Å². The molecule has 0 saturated carbocycles. The van der Waals surface area contributed by atoms with Crippen molar-refractivity contribution < 1.29 is 4.42 Å². The Labute approximate surface area is 528 Å². The van der Waals surface area contributed by atoms with Crippen molar-refractivity contribution in [3.05, 3.63) is 322 Å². The van der Waals surface area contributed by atoms with E-state index in [1.165, 1.54) is 164 Å². The van der Waals surface area contributed by atoms with Crippen LogP contribution in [0.3, 0.4) is 0 Å². The summed E-state index contributed by atoms with van der Waals surface area (Å²) >= 11 is 0. The highest BCUT2D eigenvalue weighted by molar-refractivity contribution is 6.73. The first-order valence-corrected chi connectivity index (χ1v) is 33.0. The van der Waals surface area contributed by atoms with Crippen LogP contribution in [0.4, 0.5) is 0 Å². The zero-order valence-corrected chi connectivity index (χ0v) is 51.1. The molecule has 1 aliphatic heterocycles. The van der Waals surface area contributed by atoms with E-state index < -0.39 is 9.52 Å². The number of hydrogen-bond acceptors (Lipinski definition) is 1. The van der Waals surface area contributed by atoms with Crippen molar-refractivity contribution in [2.45, 2.75) is 0 Å². The number of nitrogens with zero attached hydrogens (tertiary/aromatic N) is 1. The van der Waals surface area contributed by atoms with E-state index in [-0.39, 0.29) is 0 Å². The Balaban J connectivity index is 0.667. The van der Waals surface area contributed by atoms with Gasteiger partial charge in [-0.25, -0.2) is 0 Å². The lowest BCUT2D eigenvalue weighted by molar-refractivity contribution is 0.670. The normalized spacial score (nSPS) is 12.4. The molecule has 19 rings (SSSR count). The summed E-state index contributed by atoms with van der Waals surface area (Å²) in [6.07, 6.45) is 0. The predicted octanol–water partition coefficient (Wildman–Crippen LogP) is 22.1. The van der Waals surface area contributed by atoms with Crippen molar-refractivity contribution in [3.8, 4) is 94.7 Å². The summed E-state index contributed by atoms with van der Waals surface area (Å²) in [6, 6.07) is 120. The van der Waals surface area contributed by atoms with Crippen LogP contribution >= 0.6 is 0 Å². The Kier molecular flexibility index (Phi) is 11.6. The fourth-order valence-electron chi connectivity index (χ4n) is 15.1. The van der Waals surface area contributed by atoms with Crippen LogP contribution in [0.1, 0.15) is 0 Å². The number of para-hydroxylation sites is 2. The molecular formula is C88H55NOSi. The molecule has 1 aliphatic rings. The largest absolute Gasteiger partial charge is 0.455 e. The second kappa shape index (κ2) is 20.5. The summed E-state index contributed by atoms with van der Waals surface area (Å²) in [6.45, 7) is 0. The molecule has 0 fully saturated rings. The van der Waals surface area contributed by atoms with E-state index >= 15 is 0 Å². The van der Waals surface area contributed by atoms with Gasteiger partial charge in [0.1, 0.15) is 11.2 Å². The second-order valence-electron chi connectivity index (χ2n) is 24.7. The Morgan fingerprint density at radius 1 is 0.220 bits per heavy atom. The highest BCUT2D eigenvalue weighted by Gasteiger charge is 2.24. The molecule has 422 valence electrons. The zero-order chi connectivity index (χ0) is 59.7. The van der Waals surface area contributed by atoms with Crippen LogP contribution in [0.2, 0.25) is 0 Å². The van der Waals surface area contributed by atoms with Gasteiger partial charge in [0.25, 0.3) is 0 Å². The van der Waals surface area contributed by atoms with E-state index in [0.29, 0.717) is 0 Å². The summed E-state index contributed by atoms with van der Waals surface area (Å²) in [5.41, 5.74) is 25.1. The van der Waals surface area contributed by atoms with E-state index in [0.717, 1.165) is 27.5 Å². The number of benzene rings is 16. The Morgan fingerprint density at radius 3 is 1.14 bits per heavy atom. The highest BCUT2D eigenvalue weighted by Crippen LogP contribution is 2.43. The van der Waals surface area contributed by atoms with E-state index in [4.69, 9.17) is 4.42 Å². The van der Waals surface area contributed by atoms with Gasteiger partial charge in [0.05, 0.1) is 20.6 Å². The molecule has 18 aromatic rings. The average molecular weight is 1170 g/mol. The third kappa shape index (κ3) is 8.39. The van der Waals surface area contributed by atoms with Gasteiger partial charge in [-0.3, -0.25) is 0 Å².